The monoisotopic (exact) mass is 274 g/mol. The summed E-state index contributed by atoms with van der Waals surface area (Å²) in [6.45, 7) is 3.03. The summed E-state index contributed by atoms with van der Waals surface area (Å²) in [5.74, 6) is 0.412. The fourth-order valence-electron chi connectivity index (χ4n) is 2.45. The van der Waals surface area contributed by atoms with Gasteiger partial charge in [0.25, 0.3) is 0 Å². The molecule has 0 saturated carbocycles. The van der Waals surface area contributed by atoms with Gasteiger partial charge in [-0.15, -0.1) is 0 Å². The van der Waals surface area contributed by atoms with Gasteiger partial charge in [-0.25, -0.2) is 4.98 Å². The molecule has 2 aromatic rings. The molecule has 1 heterocycles. The Hall–Kier alpha value is -1.84. The normalized spacial score (nSPS) is 11.1. The Kier molecular flexibility index (Phi) is 5.16. The third kappa shape index (κ3) is 3.59. The molecule has 0 aliphatic heterocycles. The van der Waals surface area contributed by atoms with E-state index in [-0.39, 0.29) is 6.42 Å². The lowest BCUT2D eigenvalue weighted by atomic mass is 10.2. The Morgan fingerprint density at radius 2 is 2.05 bits per heavy atom. The molecule has 0 aliphatic carbocycles. The molecule has 20 heavy (non-hydrogen) atoms. The van der Waals surface area contributed by atoms with Crippen molar-refractivity contribution in [2.45, 2.75) is 52.0 Å². The van der Waals surface area contributed by atoms with Gasteiger partial charge in [-0.1, -0.05) is 25.5 Å². The average Bonchev–Trinajstić information content (AvgIpc) is 2.79. The van der Waals surface area contributed by atoms with Crippen LogP contribution in [-0.2, 0) is 17.8 Å². The average molecular weight is 274 g/mol. The number of carboxylic acids is 1. The van der Waals surface area contributed by atoms with Gasteiger partial charge < -0.3 is 9.67 Å². The first-order valence-corrected chi connectivity index (χ1v) is 7.38. The second-order valence-electron chi connectivity index (χ2n) is 5.12. The van der Waals surface area contributed by atoms with Gasteiger partial charge in [0.15, 0.2) is 0 Å². The van der Waals surface area contributed by atoms with Crippen molar-refractivity contribution >= 4 is 17.0 Å². The van der Waals surface area contributed by atoms with Crippen LogP contribution in [0.1, 0.15) is 44.9 Å². The van der Waals surface area contributed by atoms with Gasteiger partial charge >= 0.3 is 5.97 Å². The van der Waals surface area contributed by atoms with Crippen molar-refractivity contribution in [3.05, 3.63) is 30.1 Å². The number of nitrogens with zero attached hydrogens (tertiary/aromatic N) is 2. The molecule has 4 heteroatoms. The van der Waals surface area contributed by atoms with Crippen LogP contribution in [0, 0.1) is 0 Å². The molecule has 108 valence electrons. The van der Waals surface area contributed by atoms with Crippen LogP contribution in [-0.4, -0.2) is 20.6 Å². The van der Waals surface area contributed by atoms with E-state index in [0.29, 0.717) is 0 Å². The van der Waals surface area contributed by atoms with E-state index in [1.807, 2.05) is 18.2 Å². The molecule has 0 saturated heterocycles. The van der Waals surface area contributed by atoms with Crippen LogP contribution in [0.5, 0.6) is 0 Å². The zero-order valence-corrected chi connectivity index (χ0v) is 12.0. The maximum atomic E-state index is 10.6. The quantitative estimate of drug-likeness (QED) is 0.748. The van der Waals surface area contributed by atoms with E-state index in [1.165, 1.54) is 0 Å². The van der Waals surface area contributed by atoms with Gasteiger partial charge in [0, 0.05) is 19.4 Å². The summed E-state index contributed by atoms with van der Waals surface area (Å²) in [6.07, 6.45) is 5.13. The van der Waals surface area contributed by atoms with E-state index in [1.54, 1.807) is 0 Å². The number of hydrogen-bond donors (Lipinski definition) is 1. The van der Waals surface area contributed by atoms with Gasteiger partial charge in [-0.05, 0) is 31.4 Å². The summed E-state index contributed by atoms with van der Waals surface area (Å²) in [5, 5.41) is 8.69. The standard InChI is InChI=1S/C16H22N2O2/c1-2-3-10-15-17-13-8-4-5-9-14(13)18(15)12-7-6-11-16(19)20/h4-5,8-9H,2-3,6-7,10-12H2,1H3,(H,19,20). The summed E-state index contributed by atoms with van der Waals surface area (Å²) in [4.78, 5) is 15.3. The van der Waals surface area contributed by atoms with Crippen LogP contribution in [0.2, 0.25) is 0 Å². The Morgan fingerprint density at radius 1 is 1.25 bits per heavy atom. The molecule has 0 aliphatic rings. The zero-order chi connectivity index (χ0) is 14.4. The minimum atomic E-state index is -0.716. The summed E-state index contributed by atoms with van der Waals surface area (Å²) in [6, 6.07) is 8.17. The summed E-state index contributed by atoms with van der Waals surface area (Å²) < 4.78 is 2.26. The molecule has 0 atom stereocenters. The minimum Gasteiger partial charge on any atom is -0.481 e. The van der Waals surface area contributed by atoms with Crippen molar-refractivity contribution in [3.8, 4) is 0 Å². The van der Waals surface area contributed by atoms with Crippen LogP contribution in [0.15, 0.2) is 24.3 Å². The second kappa shape index (κ2) is 7.08. The fraction of sp³-hybridized carbons (Fsp3) is 0.500. The molecular weight excluding hydrogens is 252 g/mol. The summed E-state index contributed by atoms with van der Waals surface area (Å²) in [7, 11) is 0. The van der Waals surface area contributed by atoms with E-state index in [2.05, 4.69) is 17.6 Å². The largest absolute Gasteiger partial charge is 0.481 e. The zero-order valence-electron chi connectivity index (χ0n) is 12.0. The summed E-state index contributed by atoms with van der Waals surface area (Å²) >= 11 is 0. The number of unbranched alkanes of at least 4 members (excludes halogenated alkanes) is 2. The van der Waals surface area contributed by atoms with E-state index >= 15 is 0 Å². The number of aliphatic carboxylic acids is 1. The highest BCUT2D eigenvalue weighted by Gasteiger charge is 2.09. The van der Waals surface area contributed by atoms with Crippen LogP contribution in [0.3, 0.4) is 0 Å². The first-order valence-electron chi connectivity index (χ1n) is 7.38. The highest BCUT2D eigenvalue weighted by Crippen LogP contribution is 2.18. The molecule has 2 rings (SSSR count). The van der Waals surface area contributed by atoms with E-state index < -0.39 is 5.97 Å². The smallest absolute Gasteiger partial charge is 0.303 e. The van der Waals surface area contributed by atoms with Crippen LogP contribution < -0.4 is 0 Å². The number of imidazole rings is 1. The maximum absolute atomic E-state index is 10.6. The maximum Gasteiger partial charge on any atom is 0.303 e. The van der Waals surface area contributed by atoms with Crippen LogP contribution in [0.25, 0.3) is 11.0 Å². The number of rotatable bonds is 8. The van der Waals surface area contributed by atoms with Crippen LogP contribution in [0.4, 0.5) is 0 Å². The van der Waals surface area contributed by atoms with Crippen molar-refractivity contribution in [3.63, 3.8) is 0 Å². The lowest BCUT2D eigenvalue weighted by Gasteiger charge is -2.08. The van der Waals surface area contributed by atoms with Crippen molar-refractivity contribution in [2.24, 2.45) is 0 Å². The highest BCUT2D eigenvalue weighted by atomic mass is 16.4. The third-order valence-electron chi connectivity index (χ3n) is 3.51. The Bertz CT molecular complexity index is 575. The van der Waals surface area contributed by atoms with Crippen molar-refractivity contribution in [1.29, 1.82) is 0 Å². The molecule has 0 fully saturated rings. The Morgan fingerprint density at radius 3 is 2.80 bits per heavy atom. The second-order valence-corrected chi connectivity index (χ2v) is 5.12. The van der Waals surface area contributed by atoms with E-state index in [9.17, 15) is 4.79 Å². The van der Waals surface area contributed by atoms with Crippen LogP contribution >= 0.6 is 0 Å². The third-order valence-corrected chi connectivity index (χ3v) is 3.51. The summed E-state index contributed by atoms with van der Waals surface area (Å²) in [5.41, 5.74) is 2.20. The highest BCUT2D eigenvalue weighted by molar-refractivity contribution is 5.75. The number of carbonyl (C=O) groups is 1. The molecule has 0 spiro atoms. The fourth-order valence-corrected chi connectivity index (χ4v) is 2.45. The molecule has 0 amide bonds. The number of aryl methyl sites for hydroxylation is 2. The van der Waals surface area contributed by atoms with Gasteiger partial charge in [-0.3, -0.25) is 4.79 Å². The SMILES string of the molecule is CCCCc1nc2ccccc2n1CCCCC(=O)O. The van der Waals surface area contributed by atoms with E-state index in [4.69, 9.17) is 10.1 Å². The van der Waals surface area contributed by atoms with Crippen molar-refractivity contribution in [1.82, 2.24) is 9.55 Å². The van der Waals surface area contributed by atoms with Crippen molar-refractivity contribution in [2.75, 3.05) is 0 Å². The van der Waals surface area contributed by atoms with Gasteiger partial charge in [0.05, 0.1) is 11.0 Å². The number of benzene rings is 1. The molecule has 0 bridgehead atoms. The topological polar surface area (TPSA) is 55.1 Å². The molecule has 0 unspecified atom stereocenters. The van der Waals surface area contributed by atoms with E-state index in [0.717, 1.165) is 55.5 Å². The van der Waals surface area contributed by atoms with Gasteiger partial charge in [-0.2, -0.15) is 0 Å². The number of fused-ring (bicyclic) bond motifs is 1. The number of aromatic nitrogens is 2. The van der Waals surface area contributed by atoms with Crippen molar-refractivity contribution < 1.29 is 9.90 Å². The molecule has 0 radical (unpaired) electrons. The lowest BCUT2D eigenvalue weighted by Crippen LogP contribution is -2.05. The molecular formula is C16H22N2O2. The molecule has 4 nitrogen and oxygen atoms in total. The first kappa shape index (κ1) is 14.6. The Balaban J connectivity index is 2.12. The molecule has 1 aromatic carbocycles. The Labute approximate surface area is 119 Å². The predicted molar refractivity (Wildman–Crippen MR) is 79.8 cm³/mol. The first-order chi connectivity index (χ1) is 9.72. The number of para-hydroxylation sites is 2. The number of carboxylic acid groups (broad SMARTS) is 1. The minimum absolute atomic E-state index is 0.247. The molecule has 1 aromatic heterocycles. The molecule has 1 N–H and O–H groups in total. The number of hydrogen-bond acceptors (Lipinski definition) is 2. The van der Waals surface area contributed by atoms with Gasteiger partial charge in [0.2, 0.25) is 0 Å². The lowest BCUT2D eigenvalue weighted by molar-refractivity contribution is -0.137. The predicted octanol–water partition coefficient (Wildman–Crippen LogP) is 3.63. The van der Waals surface area contributed by atoms with Gasteiger partial charge in [0.1, 0.15) is 5.82 Å².